The molecule has 0 bridgehead atoms. The van der Waals surface area contributed by atoms with E-state index in [1.165, 1.54) is 10.1 Å². The van der Waals surface area contributed by atoms with Crippen molar-refractivity contribution in [2.24, 2.45) is 0 Å². The van der Waals surface area contributed by atoms with Crippen molar-refractivity contribution in [3.8, 4) is 33.8 Å². The summed E-state index contributed by atoms with van der Waals surface area (Å²) < 4.78 is 34.2. The van der Waals surface area contributed by atoms with E-state index in [0.717, 1.165) is 63.6 Å². The number of nitrogens with zero attached hydrogens (tertiary/aromatic N) is 2. The molecule has 6 heterocycles. The summed E-state index contributed by atoms with van der Waals surface area (Å²) in [6.45, 7) is 5.86. The van der Waals surface area contributed by atoms with Crippen LogP contribution in [-0.2, 0) is 9.47 Å². The number of thiophene rings is 2. The van der Waals surface area contributed by atoms with Crippen molar-refractivity contribution in [3.05, 3.63) is 142 Å². The minimum Gasteiger partial charge on any atom is -0.507 e. The molecule has 2 saturated heterocycles. The predicted molar refractivity (Wildman–Crippen MR) is 275 cm³/mol. The normalized spacial score (nSPS) is 14.3. The van der Waals surface area contributed by atoms with Crippen molar-refractivity contribution in [2.75, 3.05) is 74.3 Å². The largest absolute Gasteiger partial charge is 0.507 e. The Morgan fingerprint density at radius 1 is 0.561 bits per heavy atom. The maximum absolute atomic E-state index is 13.1. The van der Waals surface area contributed by atoms with Crippen molar-refractivity contribution in [3.63, 3.8) is 0 Å². The minimum absolute atomic E-state index is 0. The van der Waals surface area contributed by atoms with Crippen LogP contribution < -0.4 is 25.4 Å². The van der Waals surface area contributed by atoms with Gasteiger partial charge in [0.05, 0.1) is 43.8 Å². The van der Waals surface area contributed by atoms with E-state index in [2.05, 4.69) is 57.2 Å². The van der Waals surface area contributed by atoms with E-state index in [-0.39, 0.29) is 24.0 Å². The van der Waals surface area contributed by atoms with Crippen LogP contribution >= 0.6 is 38.6 Å². The first-order valence-corrected chi connectivity index (χ1v) is 24.3. The van der Waals surface area contributed by atoms with Gasteiger partial charge in [-0.05, 0) is 48.5 Å². The number of anilines is 2. The number of morpholine rings is 2. The molecule has 0 saturated carbocycles. The molecule has 0 aliphatic carbocycles. The van der Waals surface area contributed by atoms with E-state index in [9.17, 15) is 14.7 Å². The fourth-order valence-electron chi connectivity index (χ4n) is 8.93. The van der Waals surface area contributed by atoms with Crippen LogP contribution in [-0.4, -0.2) is 69.7 Å². The molecule has 0 unspecified atom stereocenters. The number of para-hydroxylation sites is 2. The summed E-state index contributed by atoms with van der Waals surface area (Å²) in [6, 6.07) is 38.8. The summed E-state index contributed by atoms with van der Waals surface area (Å²) in [5, 5.41) is 16.6. The standard InChI is InChI=1S/C27H22BrNO4S.C25H19NO4S.CH4/c28-10-13-32-22-9-8-18(27-25(22)20-4-1-2-7-23(20)34-27)17-5-3-6-19-21(30)16-24(33-26(17)19)29-11-14-31-15-12-29;27-19-9-8-16(25-23(19)18-4-1-2-7-21(18)31-25)15-5-3-6-17-20(28)14-22(30-24(15)17)26-10-12-29-13-11-26;/h1-9,16H,10-15H2;1-9,14,27H,10-13H2;1H4. The van der Waals surface area contributed by atoms with Crippen molar-refractivity contribution in [1.29, 1.82) is 0 Å². The zero-order valence-electron chi connectivity index (χ0n) is 35.0. The van der Waals surface area contributed by atoms with Gasteiger partial charge in [0.1, 0.15) is 22.7 Å². The number of halogens is 1. The van der Waals surface area contributed by atoms with E-state index in [0.29, 0.717) is 92.9 Å². The summed E-state index contributed by atoms with van der Waals surface area (Å²) in [4.78, 5) is 30.1. The van der Waals surface area contributed by atoms with Crippen LogP contribution in [0.1, 0.15) is 7.43 Å². The van der Waals surface area contributed by atoms with Crippen molar-refractivity contribution < 1.29 is 28.2 Å². The zero-order chi connectivity index (χ0) is 44.0. The van der Waals surface area contributed by atoms with E-state index in [1.54, 1.807) is 46.9 Å². The third-order valence-electron chi connectivity index (χ3n) is 12.0. The lowest BCUT2D eigenvalue weighted by Gasteiger charge is -2.27. The number of aromatic hydroxyl groups is 1. The smallest absolute Gasteiger partial charge is 0.200 e. The molecular formula is C53H45BrN2O8S2. The fourth-order valence-corrected chi connectivity index (χ4v) is 11.6. The van der Waals surface area contributed by atoms with Gasteiger partial charge in [0, 0.05) is 106 Å². The van der Waals surface area contributed by atoms with E-state index in [1.807, 2.05) is 65.6 Å². The van der Waals surface area contributed by atoms with Gasteiger partial charge in [0.15, 0.2) is 22.6 Å². The van der Waals surface area contributed by atoms with Crippen LogP contribution in [0.3, 0.4) is 0 Å². The van der Waals surface area contributed by atoms with Gasteiger partial charge in [-0.25, -0.2) is 0 Å². The molecule has 10 nitrogen and oxygen atoms in total. The highest BCUT2D eigenvalue weighted by Crippen LogP contribution is 2.47. The number of ether oxygens (including phenoxy) is 3. The second-order valence-electron chi connectivity index (χ2n) is 15.8. The fraction of sp³-hybridized carbons (Fsp3) is 0.208. The topological polar surface area (TPSA) is 115 Å². The van der Waals surface area contributed by atoms with Gasteiger partial charge in [-0.1, -0.05) is 84.0 Å². The Balaban J connectivity index is 0.000000153. The van der Waals surface area contributed by atoms with Gasteiger partial charge in [-0.2, -0.15) is 0 Å². The molecule has 2 fully saturated rings. The third-order valence-corrected chi connectivity index (χ3v) is 14.8. The van der Waals surface area contributed by atoms with Crippen LogP contribution in [0.15, 0.2) is 140 Å². The first-order valence-electron chi connectivity index (χ1n) is 21.5. The highest BCUT2D eigenvalue weighted by molar-refractivity contribution is 9.09. The highest BCUT2D eigenvalue weighted by Gasteiger charge is 2.23. The Morgan fingerprint density at radius 3 is 1.56 bits per heavy atom. The summed E-state index contributed by atoms with van der Waals surface area (Å²) in [6.07, 6.45) is 0. The summed E-state index contributed by atoms with van der Waals surface area (Å²) in [5.74, 6) is 2.29. The average Bonchev–Trinajstić information content (AvgIpc) is 3.95. The molecule has 0 spiro atoms. The molecule has 4 aromatic heterocycles. The average molecular weight is 982 g/mol. The Hall–Kier alpha value is -6.22. The molecule has 13 heteroatoms. The zero-order valence-corrected chi connectivity index (χ0v) is 38.2. The van der Waals surface area contributed by atoms with Gasteiger partial charge in [-0.3, -0.25) is 9.59 Å². The van der Waals surface area contributed by atoms with E-state index >= 15 is 0 Å². The molecule has 0 radical (unpaired) electrons. The lowest BCUT2D eigenvalue weighted by molar-refractivity contribution is 0.120. The summed E-state index contributed by atoms with van der Waals surface area (Å²) >= 11 is 6.83. The maximum Gasteiger partial charge on any atom is 0.200 e. The number of rotatable bonds is 7. The van der Waals surface area contributed by atoms with Gasteiger partial charge < -0.3 is 38.0 Å². The SMILES string of the molecule is C.O=c1cc(N2CCOCC2)oc2c(-c3ccc(O)c4c3sc3ccccc34)cccc12.O=c1cc(N2CCOCC2)oc2c(-c3ccc(OCCBr)c4c3sc3ccccc34)cccc12. The highest BCUT2D eigenvalue weighted by atomic mass is 79.9. The van der Waals surface area contributed by atoms with Crippen LogP contribution in [0, 0.1) is 0 Å². The lowest BCUT2D eigenvalue weighted by Crippen LogP contribution is -2.36. The predicted octanol–water partition coefficient (Wildman–Crippen LogP) is 12.4. The monoisotopic (exact) mass is 980 g/mol. The van der Waals surface area contributed by atoms with Crippen LogP contribution in [0.25, 0.3) is 84.5 Å². The number of hydrogen-bond acceptors (Lipinski definition) is 12. The van der Waals surface area contributed by atoms with Crippen LogP contribution in [0.4, 0.5) is 11.8 Å². The first-order chi connectivity index (χ1) is 31.9. The number of phenols is 1. The van der Waals surface area contributed by atoms with Crippen molar-refractivity contribution in [1.82, 2.24) is 0 Å². The molecule has 334 valence electrons. The molecule has 10 aromatic rings. The van der Waals surface area contributed by atoms with Crippen molar-refractivity contribution >= 4 is 113 Å². The Labute approximate surface area is 395 Å². The minimum atomic E-state index is -0.0593. The number of hydrogen-bond donors (Lipinski definition) is 1. The van der Waals surface area contributed by atoms with Gasteiger partial charge >= 0.3 is 0 Å². The molecule has 6 aromatic carbocycles. The second-order valence-corrected chi connectivity index (χ2v) is 18.7. The molecule has 12 rings (SSSR count). The number of benzene rings is 6. The third kappa shape index (κ3) is 7.88. The Kier molecular flexibility index (Phi) is 12.3. The Bertz CT molecular complexity index is 3550. The molecule has 0 atom stereocenters. The van der Waals surface area contributed by atoms with E-state index in [4.69, 9.17) is 23.0 Å². The molecule has 2 aliphatic heterocycles. The molecular weight excluding hydrogens is 937 g/mol. The maximum atomic E-state index is 13.1. The second kappa shape index (κ2) is 18.6. The quantitative estimate of drug-likeness (QED) is 0.155. The van der Waals surface area contributed by atoms with E-state index < -0.39 is 0 Å². The summed E-state index contributed by atoms with van der Waals surface area (Å²) in [5.41, 5.74) is 4.84. The molecule has 0 amide bonds. The van der Waals surface area contributed by atoms with Crippen LogP contribution in [0.5, 0.6) is 11.5 Å². The van der Waals surface area contributed by atoms with Gasteiger partial charge in [0.25, 0.3) is 0 Å². The number of alkyl halides is 1. The number of fused-ring (bicyclic) bond motifs is 8. The van der Waals surface area contributed by atoms with Crippen molar-refractivity contribution in [2.45, 2.75) is 7.43 Å². The first kappa shape index (κ1) is 43.7. The van der Waals surface area contributed by atoms with Crippen LogP contribution in [0.2, 0.25) is 0 Å². The molecule has 2 aliphatic rings. The van der Waals surface area contributed by atoms with Gasteiger partial charge in [0.2, 0.25) is 0 Å². The Morgan fingerprint density at radius 2 is 1.03 bits per heavy atom. The number of phenolic OH excluding ortho intramolecular Hbond substituents is 1. The lowest BCUT2D eigenvalue weighted by atomic mass is 10.00. The molecule has 66 heavy (non-hydrogen) atoms. The molecule has 1 N–H and O–H groups in total. The summed E-state index contributed by atoms with van der Waals surface area (Å²) in [7, 11) is 0. The van der Waals surface area contributed by atoms with Gasteiger partial charge in [-0.15, -0.1) is 22.7 Å².